The fourth-order valence-electron chi connectivity index (χ4n) is 2.98. The summed E-state index contributed by atoms with van der Waals surface area (Å²) in [6.07, 6.45) is 3.06. The smallest absolute Gasteiger partial charge is 0.233 e. The van der Waals surface area contributed by atoms with E-state index in [1.54, 1.807) is 35.4 Å². The van der Waals surface area contributed by atoms with Gasteiger partial charge in [0, 0.05) is 30.9 Å². The molecule has 0 radical (unpaired) electrons. The molecule has 1 fully saturated rings. The van der Waals surface area contributed by atoms with Crippen molar-refractivity contribution in [2.45, 2.75) is 37.0 Å². The number of halogens is 1. The summed E-state index contributed by atoms with van der Waals surface area (Å²) in [5.41, 5.74) is 0.904. The number of amides is 1. The highest BCUT2D eigenvalue weighted by molar-refractivity contribution is 7.99. The lowest BCUT2D eigenvalue weighted by molar-refractivity contribution is -0.127. The van der Waals surface area contributed by atoms with Crippen molar-refractivity contribution in [3.05, 3.63) is 63.9 Å². The van der Waals surface area contributed by atoms with Gasteiger partial charge in [0.2, 0.25) is 5.91 Å². The average Bonchev–Trinajstić information content (AvgIpc) is 3.24. The van der Waals surface area contributed by atoms with Crippen LogP contribution in [0.4, 0.5) is 4.39 Å². The van der Waals surface area contributed by atoms with E-state index in [4.69, 9.17) is 0 Å². The minimum absolute atomic E-state index is 0.0134. The van der Waals surface area contributed by atoms with E-state index >= 15 is 0 Å². The zero-order valence-electron chi connectivity index (χ0n) is 15.5. The maximum atomic E-state index is 13.0. The summed E-state index contributed by atoms with van der Waals surface area (Å²) in [5.74, 6) is 1.02. The third-order valence-corrected chi connectivity index (χ3v) is 6.45. The van der Waals surface area contributed by atoms with Gasteiger partial charge >= 0.3 is 0 Å². The highest BCUT2D eigenvalue weighted by Crippen LogP contribution is 2.39. The topological polar surface area (TPSA) is 51.0 Å². The van der Waals surface area contributed by atoms with Crippen molar-refractivity contribution in [3.8, 4) is 0 Å². The average molecular weight is 417 g/mol. The van der Waals surface area contributed by atoms with Crippen LogP contribution >= 0.6 is 23.1 Å². The van der Waals surface area contributed by atoms with E-state index < -0.39 is 0 Å². The Hall–Kier alpha value is -2.19. The SMILES string of the molecule is CN(Cc1ccc(F)cc1)C(=O)CSc1nnc(Cc2cccs2)n1C1CC1. The van der Waals surface area contributed by atoms with Gasteiger partial charge in [-0.15, -0.1) is 21.5 Å². The first kappa shape index (κ1) is 19.1. The Morgan fingerprint density at radius 1 is 1.29 bits per heavy atom. The molecule has 8 heteroatoms. The maximum absolute atomic E-state index is 13.0. The fraction of sp³-hybridized carbons (Fsp3) is 0.350. The molecule has 3 aromatic rings. The molecule has 2 heterocycles. The number of hydrogen-bond donors (Lipinski definition) is 0. The van der Waals surface area contributed by atoms with Crippen LogP contribution in [0.3, 0.4) is 0 Å². The maximum Gasteiger partial charge on any atom is 0.233 e. The standard InChI is InChI=1S/C20H21FN4OS2/c1-24(12-14-4-6-15(21)7-5-14)19(26)13-28-20-23-22-18(25(20)16-8-9-16)11-17-3-2-10-27-17/h2-7,10,16H,8-9,11-13H2,1H3. The summed E-state index contributed by atoms with van der Waals surface area (Å²) in [6, 6.07) is 10.8. The van der Waals surface area contributed by atoms with Gasteiger partial charge in [0.1, 0.15) is 11.6 Å². The lowest BCUT2D eigenvalue weighted by Crippen LogP contribution is -2.27. The van der Waals surface area contributed by atoms with Gasteiger partial charge < -0.3 is 9.47 Å². The molecule has 0 aliphatic heterocycles. The predicted octanol–water partition coefficient (Wildman–Crippen LogP) is 4.16. The van der Waals surface area contributed by atoms with Gasteiger partial charge in [0.05, 0.1) is 5.75 Å². The molecule has 5 nitrogen and oxygen atoms in total. The minimum atomic E-state index is -0.272. The van der Waals surface area contributed by atoms with Crippen LogP contribution in [0.5, 0.6) is 0 Å². The fourth-order valence-corrected chi connectivity index (χ4v) is 4.65. The third-order valence-electron chi connectivity index (χ3n) is 4.64. The zero-order chi connectivity index (χ0) is 19.5. The van der Waals surface area contributed by atoms with Crippen molar-refractivity contribution < 1.29 is 9.18 Å². The molecule has 0 unspecified atom stereocenters. The number of thioether (sulfide) groups is 1. The highest BCUT2D eigenvalue weighted by Gasteiger charge is 2.30. The molecule has 0 N–H and O–H groups in total. The van der Waals surface area contributed by atoms with Gasteiger partial charge in [0.25, 0.3) is 0 Å². The highest BCUT2D eigenvalue weighted by atomic mass is 32.2. The summed E-state index contributed by atoms with van der Waals surface area (Å²) in [4.78, 5) is 15.4. The molecule has 4 rings (SSSR count). The Labute approximate surface area is 171 Å². The molecule has 0 atom stereocenters. The molecule has 2 aromatic heterocycles. The second kappa shape index (κ2) is 8.45. The molecule has 1 aliphatic rings. The Kier molecular flexibility index (Phi) is 5.77. The first-order valence-electron chi connectivity index (χ1n) is 9.17. The van der Waals surface area contributed by atoms with Gasteiger partial charge in [0.15, 0.2) is 5.16 Å². The summed E-state index contributed by atoms with van der Waals surface area (Å²) < 4.78 is 15.2. The van der Waals surface area contributed by atoms with Crippen molar-refractivity contribution in [2.24, 2.45) is 0 Å². The van der Waals surface area contributed by atoms with Crippen LogP contribution in [-0.2, 0) is 17.8 Å². The lowest BCUT2D eigenvalue weighted by atomic mass is 10.2. The monoisotopic (exact) mass is 416 g/mol. The second-order valence-electron chi connectivity index (χ2n) is 6.92. The van der Waals surface area contributed by atoms with Gasteiger partial charge in [-0.2, -0.15) is 0 Å². The van der Waals surface area contributed by atoms with E-state index in [9.17, 15) is 9.18 Å². The van der Waals surface area contributed by atoms with Crippen LogP contribution in [0.15, 0.2) is 46.9 Å². The van der Waals surface area contributed by atoms with Gasteiger partial charge in [-0.25, -0.2) is 4.39 Å². The Morgan fingerprint density at radius 3 is 2.75 bits per heavy atom. The van der Waals surface area contributed by atoms with E-state index in [0.717, 1.165) is 35.8 Å². The van der Waals surface area contributed by atoms with Crippen LogP contribution in [0.25, 0.3) is 0 Å². The number of benzene rings is 1. The summed E-state index contributed by atoms with van der Waals surface area (Å²) >= 11 is 3.16. The van der Waals surface area contributed by atoms with Gasteiger partial charge in [-0.05, 0) is 42.0 Å². The second-order valence-corrected chi connectivity index (χ2v) is 8.90. The van der Waals surface area contributed by atoms with E-state index in [0.29, 0.717) is 18.3 Å². The van der Waals surface area contributed by atoms with Gasteiger partial charge in [-0.1, -0.05) is 30.0 Å². The van der Waals surface area contributed by atoms with Crippen LogP contribution < -0.4 is 0 Å². The van der Waals surface area contributed by atoms with Crippen molar-refractivity contribution in [3.63, 3.8) is 0 Å². The van der Waals surface area contributed by atoms with Crippen molar-refractivity contribution in [1.82, 2.24) is 19.7 Å². The van der Waals surface area contributed by atoms with Gasteiger partial charge in [-0.3, -0.25) is 4.79 Å². The summed E-state index contributed by atoms with van der Waals surface area (Å²) in [6.45, 7) is 0.457. The van der Waals surface area contributed by atoms with Crippen LogP contribution in [-0.4, -0.2) is 38.4 Å². The number of carbonyl (C=O) groups excluding carboxylic acids is 1. The van der Waals surface area contributed by atoms with E-state index in [1.807, 2.05) is 6.07 Å². The van der Waals surface area contributed by atoms with Crippen LogP contribution in [0, 0.1) is 5.82 Å². The molecule has 1 amide bonds. The molecule has 1 aliphatic carbocycles. The Balaban J connectivity index is 1.38. The minimum Gasteiger partial charge on any atom is -0.341 e. The van der Waals surface area contributed by atoms with E-state index in [1.165, 1.54) is 28.8 Å². The lowest BCUT2D eigenvalue weighted by Gasteiger charge is -2.17. The molecular formula is C20H21FN4OS2. The normalized spacial score (nSPS) is 13.6. The molecule has 1 saturated carbocycles. The van der Waals surface area contributed by atoms with Crippen LogP contribution in [0.2, 0.25) is 0 Å². The molecule has 28 heavy (non-hydrogen) atoms. The summed E-state index contributed by atoms with van der Waals surface area (Å²) in [7, 11) is 1.76. The first-order chi connectivity index (χ1) is 13.6. The van der Waals surface area contributed by atoms with Crippen molar-refractivity contribution in [1.29, 1.82) is 0 Å². The van der Waals surface area contributed by atoms with E-state index in [-0.39, 0.29) is 11.7 Å². The van der Waals surface area contributed by atoms with Crippen molar-refractivity contribution >= 4 is 29.0 Å². The van der Waals surface area contributed by atoms with Crippen LogP contribution in [0.1, 0.15) is 35.1 Å². The molecule has 0 bridgehead atoms. The molecule has 146 valence electrons. The quantitative estimate of drug-likeness (QED) is 0.518. The number of thiophene rings is 1. The molecule has 0 saturated heterocycles. The number of aromatic nitrogens is 3. The number of rotatable bonds is 8. The van der Waals surface area contributed by atoms with Crippen molar-refractivity contribution in [2.75, 3.05) is 12.8 Å². The third kappa shape index (κ3) is 4.62. The molecule has 0 spiro atoms. The molecular weight excluding hydrogens is 395 g/mol. The summed E-state index contributed by atoms with van der Waals surface area (Å²) in [5, 5.41) is 11.6. The largest absolute Gasteiger partial charge is 0.341 e. The number of nitrogens with zero attached hydrogens (tertiary/aromatic N) is 4. The Bertz CT molecular complexity index is 936. The first-order valence-corrected chi connectivity index (χ1v) is 11.0. The predicted molar refractivity (Wildman–Crippen MR) is 109 cm³/mol. The molecule has 1 aromatic carbocycles. The Morgan fingerprint density at radius 2 is 2.07 bits per heavy atom. The van der Waals surface area contributed by atoms with E-state index in [2.05, 4.69) is 26.2 Å². The zero-order valence-corrected chi connectivity index (χ0v) is 17.2. The number of carbonyl (C=O) groups is 1. The number of hydrogen-bond acceptors (Lipinski definition) is 5.